The van der Waals surface area contributed by atoms with E-state index >= 15 is 0 Å². The first kappa shape index (κ1) is 19.3. The quantitative estimate of drug-likeness (QED) is 0.754. The Morgan fingerprint density at radius 2 is 1.74 bits per heavy atom. The van der Waals surface area contributed by atoms with Gasteiger partial charge in [0.2, 0.25) is 0 Å². The first-order valence-electron chi connectivity index (χ1n) is 7.77. The highest BCUT2D eigenvalue weighted by atomic mass is 35.5. The van der Waals surface area contributed by atoms with Crippen molar-refractivity contribution < 1.29 is 9.47 Å². The molecule has 0 heterocycles. The van der Waals surface area contributed by atoms with Crippen molar-refractivity contribution >= 4 is 12.4 Å². The van der Waals surface area contributed by atoms with Gasteiger partial charge in [-0.25, -0.2) is 0 Å². The van der Waals surface area contributed by atoms with E-state index in [0.717, 1.165) is 36.4 Å². The zero-order valence-corrected chi connectivity index (χ0v) is 14.9. The van der Waals surface area contributed by atoms with E-state index in [1.807, 2.05) is 12.1 Å². The van der Waals surface area contributed by atoms with Crippen LogP contribution >= 0.6 is 12.4 Å². The smallest absolute Gasteiger partial charge is 0.127 e. The Morgan fingerprint density at radius 3 is 2.35 bits per heavy atom. The van der Waals surface area contributed by atoms with Crippen molar-refractivity contribution in [1.82, 2.24) is 5.32 Å². The molecule has 0 aromatic heterocycles. The van der Waals surface area contributed by atoms with Crippen LogP contribution in [-0.4, -0.2) is 14.2 Å². The lowest BCUT2D eigenvalue weighted by molar-refractivity contribution is 0.387. The van der Waals surface area contributed by atoms with Crippen molar-refractivity contribution in [1.29, 1.82) is 0 Å². The van der Waals surface area contributed by atoms with E-state index in [0.29, 0.717) is 6.04 Å². The molecule has 2 aromatic carbocycles. The van der Waals surface area contributed by atoms with E-state index in [-0.39, 0.29) is 12.4 Å². The fourth-order valence-corrected chi connectivity index (χ4v) is 2.59. The van der Waals surface area contributed by atoms with E-state index < -0.39 is 0 Å². The highest BCUT2D eigenvalue weighted by Crippen LogP contribution is 2.26. The second-order valence-corrected chi connectivity index (χ2v) is 5.31. The van der Waals surface area contributed by atoms with Crippen LogP contribution in [0.3, 0.4) is 0 Å². The van der Waals surface area contributed by atoms with Crippen LogP contribution in [0, 0.1) is 0 Å². The Kier molecular flexibility index (Phi) is 8.52. The number of ether oxygens (including phenoxy) is 2. The average Bonchev–Trinajstić information content (AvgIpc) is 2.59. The summed E-state index contributed by atoms with van der Waals surface area (Å²) in [7, 11) is 3.36. The van der Waals surface area contributed by atoms with Crippen LogP contribution in [0.4, 0.5) is 0 Å². The molecule has 0 saturated heterocycles. The number of rotatable bonds is 8. The Morgan fingerprint density at radius 1 is 1.00 bits per heavy atom. The number of methoxy groups -OCH3 is 2. The highest BCUT2D eigenvalue weighted by molar-refractivity contribution is 5.85. The SMILES string of the molecule is CCCC(NCc1ccc(OC)cc1OC)c1ccccc1.Cl. The molecular formula is C19H26ClNO2. The van der Waals surface area contributed by atoms with Gasteiger partial charge in [0.15, 0.2) is 0 Å². The van der Waals surface area contributed by atoms with Gasteiger partial charge in [-0.1, -0.05) is 49.7 Å². The average molecular weight is 336 g/mol. The molecule has 0 spiro atoms. The largest absolute Gasteiger partial charge is 0.497 e. The summed E-state index contributed by atoms with van der Waals surface area (Å²) in [6.45, 7) is 2.98. The summed E-state index contributed by atoms with van der Waals surface area (Å²) in [6, 6.07) is 16.9. The topological polar surface area (TPSA) is 30.5 Å². The third-order valence-electron chi connectivity index (χ3n) is 3.81. The monoisotopic (exact) mass is 335 g/mol. The summed E-state index contributed by atoms with van der Waals surface area (Å²) in [5.74, 6) is 1.67. The molecule has 0 saturated carbocycles. The van der Waals surface area contributed by atoms with Gasteiger partial charge >= 0.3 is 0 Å². The highest BCUT2D eigenvalue weighted by Gasteiger charge is 2.11. The van der Waals surface area contributed by atoms with Crippen LogP contribution in [-0.2, 0) is 6.54 Å². The lowest BCUT2D eigenvalue weighted by atomic mass is 10.0. The summed E-state index contributed by atoms with van der Waals surface area (Å²) >= 11 is 0. The van der Waals surface area contributed by atoms with Crippen molar-refractivity contribution in [2.24, 2.45) is 0 Å². The van der Waals surface area contributed by atoms with Gasteiger partial charge in [0, 0.05) is 24.2 Å². The molecule has 0 amide bonds. The van der Waals surface area contributed by atoms with Gasteiger partial charge in [0.25, 0.3) is 0 Å². The van der Waals surface area contributed by atoms with E-state index in [1.165, 1.54) is 5.56 Å². The second-order valence-electron chi connectivity index (χ2n) is 5.31. The fraction of sp³-hybridized carbons (Fsp3) is 0.368. The number of hydrogen-bond acceptors (Lipinski definition) is 3. The van der Waals surface area contributed by atoms with Gasteiger partial charge in [-0.2, -0.15) is 0 Å². The summed E-state index contributed by atoms with van der Waals surface area (Å²) in [6.07, 6.45) is 2.26. The molecule has 1 unspecified atom stereocenters. The van der Waals surface area contributed by atoms with Crippen LogP contribution in [0.15, 0.2) is 48.5 Å². The second kappa shape index (κ2) is 10.1. The van der Waals surface area contributed by atoms with Crippen molar-refractivity contribution in [2.75, 3.05) is 14.2 Å². The van der Waals surface area contributed by atoms with Crippen LogP contribution in [0.25, 0.3) is 0 Å². The van der Waals surface area contributed by atoms with E-state index in [1.54, 1.807) is 14.2 Å². The van der Waals surface area contributed by atoms with Gasteiger partial charge in [0.05, 0.1) is 14.2 Å². The molecule has 0 aliphatic carbocycles. The Labute approximate surface area is 145 Å². The zero-order valence-electron chi connectivity index (χ0n) is 14.0. The third kappa shape index (κ3) is 5.45. The summed E-state index contributed by atoms with van der Waals surface area (Å²) in [4.78, 5) is 0. The maximum atomic E-state index is 5.47. The predicted octanol–water partition coefficient (Wildman–Crippen LogP) is 4.76. The molecule has 1 N–H and O–H groups in total. The van der Waals surface area contributed by atoms with Gasteiger partial charge in [-0.3, -0.25) is 0 Å². The normalized spacial score (nSPS) is 11.4. The first-order valence-corrected chi connectivity index (χ1v) is 7.77. The zero-order chi connectivity index (χ0) is 15.8. The number of benzene rings is 2. The molecule has 0 fully saturated rings. The third-order valence-corrected chi connectivity index (χ3v) is 3.81. The van der Waals surface area contributed by atoms with Gasteiger partial charge in [-0.15, -0.1) is 12.4 Å². The van der Waals surface area contributed by atoms with Crippen molar-refractivity contribution in [3.63, 3.8) is 0 Å². The van der Waals surface area contributed by atoms with Gasteiger partial charge in [0.1, 0.15) is 11.5 Å². The molecule has 0 radical (unpaired) electrons. The fourth-order valence-electron chi connectivity index (χ4n) is 2.59. The van der Waals surface area contributed by atoms with Crippen LogP contribution in [0.2, 0.25) is 0 Å². The van der Waals surface area contributed by atoms with Gasteiger partial charge in [-0.05, 0) is 18.1 Å². The molecule has 0 aliphatic rings. The molecule has 3 nitrogen and oxygen atoms in total. The molecule has 0 bridgehead atoms. The predicted molar refractivity (Wildman–Crippen MR) is 97.7 cm³/mol. The maximum Gasteiger partial charge on any atom is 0.127 e. The Balaban J connectivity index is 0.00000264. The van der Waals surface area contributed by atoms with E-state index in [4.69, 9.17) is 9.47 Å². The first-order chi connectivity index (χ1) is 10.8. The summed E-state index contributed by atoms with van der Waals surface area (Å²) in [5, 5.41) is 3.64. The molecule has 4 heteroatoms. The van der Waals surface area contributed by atoms with Crippen molar-refractivity contribution in [2.45, 2.75) is 32.4 Å². The number of halogens is 1. The lowest BCUT2D eigenvalue weighted by Gasteiger charge is -2.20. The maximum absolute atomic E-state index is 5.47. The molecule has 2 aromatic rings. The van der Waals surface area contributed by atoms with Crippen LogP contribution < -0.4 is 14.8 Å². The summed E-state index contributed by atoms with van der Waals surface area (Å²) in [5.41, 5.74) is 2.47. The number of hydrogen-bond donors (Lipinski definition) is 1. The molecular weight excluding hydrogens is 310 g/mol. The standard InChI is InChI=1S/C19H25NO2.ClH/c1-4-8-18(15-9-6-5-7-10-15)20-14-16-11-12-17(21-2)13-19(16)22-3;/h5-7,9-13,18,20H,4,8,14H2,1-3H3;1H. The Hall–Kier alpha value is -1.71. The van der Waals surface area contributed by atoms with Crippen LogP contribution in [0.5, 0.6) is 11.5 Å². The van der Waals surface area contributed by atoms with Crippen molar-refractivity contribution in [3.8, 4) is 11.5 Å². The minimum atomic E-state index is 0. The number of nitrogens with one attached hydrogen (secondary N) is 1. The molecule has 2 rings (SSSR count). The molecule has 1 atom stereocenters. The van der Waals surface area contributed by atoms with E-state index in [9.17, 15) is 0 Å². The lowest BCUT2D eigenvalue weighted by Crippen LogP contribution is -2.21. The summed E-state index contributed by atoms with van der Waals surface area (Å²) < 4.78 is 10.7. The molecule has 23 heavy (non-hydrogen) atoms. The molecule has 0 aliphatic heterocycles. The van der Waals surface area contributed by atoms with Gasteiger partial charge < -0.3 is 14.8 Å². The van der Waals surface area contributed by atoms with E-state index in [2.05, 4.69) is 48.6 Å². The Bertz CT molecular complexity index is 575. The molecule has 126 valence electrons. The van der Waals surface area contributed by atoms with Crippen LogP contribution in [0.1, 0.15) is 36.9 Å². The minimum Gasteiger partial charge on any atom is -0.497 e. The minimum absolute atomic E-state index is 0. The van der Waals surface area contributed by atoms with Crippen molar-refractivity contribution in [3.05, 3.63) is 59.7 Å².